The Bertz CT molecular complexity index is 811. The van der Waals surface area contributed by atoms with Crippen molar-refractivity contribution in [3.8, 4) is 0 Å². The van der Waals surface area contributed by atoms with Gasteiger partial charge in [0, 0.05) is 12.6 Å². The van der Waals surface area contributed by atoms with Gasteiger partial charge in [0.2, 0.25) is 0 Å². The molecule has 0 spiro atoms. The van der Waals surface area contributed by atoms with Gasteiger partial charge in [-0.15, -0.1) is 0 Å². The van der Waals surface area contributed by atoms with Crippen LogP contribution in [0.1, 0.15) is 30.6 Å². The predicted molar refractivity (Wildman–Crippen MR) is 99.7 cm³/mol. The number of esters is 2. The van der Waals surface area contributed by atoms with Crippen LogP contribution in [-0.4, -0.2) is 36.7 Å². The van der Waals surface area contributed by atoms with E-state index in [0.717, 1.165) is 5.56 Å². The summed E-state index contributed by atoms with van der Waals surface area (Å²) in [6.45, 7) is 1.81. The number of aromatic nitrogens is 1. The van der Waals surface area contributed by atoms with Crippen molar-refractivity contribution < 1.29 is 19.1 Å². The van der Waals surface area contributed by atoms with Crippen molar-refractivity contribution in [2.75, 3.05) is 14.2 Å². The molecule has 2 aromatic rings. The fourth-order valence-electron chi connectivity index (χ4n) is 4.04. The Labute approximate surface area is 158 Å². The van der Waals surface area contributed by atoms with E-state index in [2.05, 4.69) is 10.3 Å². The number of pyridine rings is 1. The van der Waals surface area contributed by atoms with Gasteiger partial charge in [-0.25, -0.2) is 0 Å². The lowest BCUT2D eigenvalue weighted by Gasteiger charge is -2.28. The molecule has 1 aromatic heterocycles. The third-order valence-corrected chi connectivity index (χ3v) is 5.29. The first kappa shape index (κ1) is 19.0. The van der Waals surface area contributed by atoms with E-state index in [1.807, 2.05) is 48.5 Å². The van der Waals surface area contributed by atoms with Crippen LogP contribution in [-0.2, 0) is 25.5 Å². The molecule has 0 radical (unpaired) electrons. The average molecular weight is 368 g/mol. The molecule has 0 amide bonds. The monoisotopic (exact) mass is 368 g/mol. The molecule has 1 fully saturated rings. The summed E-state index contributed by atoms with van der Waals surface area (Å²) in [5.74, 6) is -0.788. The van der Waals surface area contributed by atoms with E-state index in [4.69, 9.17) is 9.47 Å². The highest BCUT2D eigenvalue weighted by Gasteiger charge is 2.61. The molecule has 27 heavy (non-hydrogen) atoms. The van der Waals surface area contributed by atoms with Crippen LogP contribution in [0.4, 0.5) is 0 Å². The Hall–Kier alpha value is -2.73. The molecule has 0 saturated carbocycles. The summed E-state index contributed by atoms with van der Waals surface area (Å²) in [5, 5.41) is 3.39. The number of hydrogen-bond acceptors (Lipinski definition) is 6. The number of rotatable bonds is 5. The van der Waals surface area contributed by atoms with E-state index in [-0.39, 0.29) is 12.4 Å². The van der Waals surface area contributed by atoms with E-state index >= 15 is 0 Å². The minimum Gasteiger partial charge on any atom is -0.469 e. The Morgan fingerprint density at radius 3 is 2.33 bits per heavy atom. The minimum absolute atomic E-state index is 0.246. The van der Waals surface area contributed by atoms with Gasteiger partial charge in [-0.1, -0.05) is 36.4 Å². The number of nitrogens with one attached hydrogen (secondary N) is 1. The van der Waals surface area contributed by atoms with Crippen molar-refractivity contribution in [1.82, 2.24) is 10.3 Å². The molecule has 3 atom stereocenters. The summed E-state index contributed by atoms with van der Waals surface area (Å²) in [5.41, 5.74) is -0.360. The Kier molecular flexibility index (Phi) is 5.28. The maximum atomic E-state index is 12.9. The maximum absolute atomic E-state index is 12.9. The molecule has 1 aliphatic rings. The first-order chi connectivity index (χ1) is 12.9. The molecule has 2 heterocycles. The Morgan fingerprint density at radius 2 is 1.74 bits per heavy atom. The van der Waals surface area contributed by atoms with Crippen LogP contribution in [0, 0.1) is 5.41 Å². The number of ether oxygens (including phenoxy) is 2. The summed E-state index contributed by atoms with van der Waals surface area (Å²) in [4.78, 5) is 30.0. The molecule has 0 unspecified atom stereocenters. The van der Waals surface area contributed by atoms with Crippen molar-refractivity contribution in [2.45, 2.75) is 31.3 Å². The summed E-state index contributed by atoms with van der Waals surface area (Å²) < 4.78 is 10.2. The number of methoxy groups -OCH3 is 2. The highest BCUT2D eigenvalue weighted by Crippen LogP contribution is 2.49. The van der Waals surface area contributed by atoms with E-state index < -0.39 is 23.0 Å². The second kappa shape index (κ2) is 7.48. The second-order valence-electron chi connectivity index (χ2n) is 7.15. The quantitative estimate of drug-likeness (QED) is 0.817. The standard InChI is InChI=1S/C21H24N2O4/c1-20(18(24)26-2)14-21(19(25)27-3,13-15-9-5-4-6-10-15)23-17(20)16-11-7-8-12-22-16/h4-12,17,23H,13-14H2,1-3H3/t17-,20-,21-/m1/s1. The smallest absolute Gasteiger partial charge is 0.326 e. The predicted octanol–water partition coefficient (Wildman–Crippen LogP) is 2.45. The lowest BCUT2D eigenvalue weighted by Crippen LogP contribution is -2.50. The molecule has 1 N–H and O–H groups in total. The fourth-order valence-corrected chi connectivity index (χ4v) is 4.04. The Balaban J connectivity index is 2.07. The van der Waals surface area contributed by atoms with Crippen LogP contribution >= 0.6 is 0 Å². The summed E-state index contributed by atoms with van der Waals surface area (Å²) in [7, 11) is 2.72. The molecule has 1 saturated heterocycles. The van der Waals surface area contributed by atoms with E-state index in [9.17, 15) is 9.59 Å². The van der Waals surface area contributed by atoms with Crippen molar-refractivity contribution in [3.63, 3.8) is 0 Å². The van der Waals surface area contributed by atoms with Gasteiger partial charge in [-0.3, -0.25) is 19.9 Å². The lowest BCUT2D eigenvalue weighted by atomic mass is 9.75. The number of carbonyl (C=O) groups is 2. The summed E-state index contributed by atoms with van der Waals surface area (Å²) >= 11 is 0. The van der Waals surface area contributed by atoms with Crippen molar-refractivity contribution in [2.24, 2.45) is 5.41 Å². The van der Waals surface area contributed by atoms with Gasteiger partial charge in [0.25, 0.3) is 0 Å². The van der Waals surface area contributed by atoms with Crippen molar-refractivity contribution in [3.05, 3.63) is 66.0 Å². The highest BCUT2D eigenvalue weighted by atomic mass is 16.5. The second-order valence-corrected chi connectivity index (χ2v) is 7.15. The van der Waals surface area contributed by atoms with Crippen molar-refractivity contribution >= 4 is 11.9 Å². The van der Waals surface area contributed by atoms with Gasteiger partial charge in [0.1, 0.15) is 5.54 Å². The van der Waals surface area contributed by atoms with Crippen LogP contribution in [0.5, 0.6) is 0 Å². The first-order valence-electron chi connectivity index (χ1n) is 8.84. The van der Waals surface area contributed by atoms with E-state index in [1.54, 1.807) is 13.1 Å². The number of nitrogens with zero attached hydrogens (tertiary/aromatic N) is 1. The SMILES string of the molecule is COC(=O)[C@@]1(Cc2ccccc2)C[C@@](C)(C(=O)OC)[C@@H](c2ccccn2)N1. The van der Waals surface area contributed by atoms with Crippen molar-refractivity contribution in [1.29, 1.82) is 0 Å². The zero-order chi connectivity index (χ0) is 19.5. The third-order valence-electron chi connectivity index (χ3n) is 5.29. The van der Waals surface area contributed by atoms with Crippen LogP contribution in [0.15, 0.2) is 54.7 Å². The van der Waals surface area contributed by atoms with Crippen LogP contribution in [0.2, 0.25) is 0 Å². The summed E-state index contributed by atoms with van der Waals surface area (Å²) in [6.07, 6.45) is 2.32. The molecule has 0 bridgehead atoms. The van der Waals surface area contributed by atoms with E-state index in [0.29, 0.717) is 12.1 Å². The van der Waals surface area contributed by atoms with Gasteiger partial charge < -0.3 is 9.47 Å². The maximum Gasteiger partial charge on any atom is 0.326 e. The van der Waals surface area contributed by atoms with Gasteiger partial charge in [-0.05, 0) is 31.0 Å². The molecule has 142 valence electrons. The third kappa shape index (κ3) is 3.45. The Morgan fingerprint density at radius 1 is 1.07 bits per heavy atom. The molecular formula is C21H24N2O4. The van der Waals surface area contributed by atoms with Crippen LogP contribution in [0.25, 0.3) is 0 Å². The molecule has 3 rings (SSSR count). The molecule has 6 heteroatoms. The summed E-state index contributed by atoms with van der Waals surface area (Å²) in [6, 6.07) is 14.7. The molecular weight excluding hydrogens is 344 g/mol. The minimum atomic E-state index is -1.05. The first-order valence-corrected chi connectivity index (χ1v) is 8.84. The van der Waals surface area contributed by atoms with Gasteiger partial charge in [0.15, 0.2) is 0 Å². The topological polar surface area (TPSA) is 77.5 Å². The van der Waals surface area contributed by atoms with Gasteiger partial charge in [-0.2, -0.15) is 0 Å². The average Bonchev–Trinajstić information content (AvgIpc) is 3.02. The molecule has 1 aromatic carbocycles. The number of hydrogen-bond donors (Lipinski definition) is 1. The number of carbonyl (C=O) groups excluding carboxylic acids is 2. The fraction of sp³-hybridized carbons (Fsp3) is 0.381. The lowest BCUT2D eigenvalue weighted by molar-refractivity contribution is -0.153. The highest BCUT2D eigenvalue weighted by molar-refractivity contribution is 5.86. The zero-order valence-corrected chi connectivity index (χ0v) is 15.8. The number of benzene rings is 1. The van der Waals surface area contributed by atoms with Crippen LogP contribution < -0.4 is 5.32 Å². The van der Waals surface area contributed by atoms with Gasteiger partial charge >= 0.3 is 11.9 Å². The van der Waals surface area contributed by atoms with Crippen LogP contribution in [0.3, 0.4) is 0 Å². The molecule has 6 nitrogen and oxygen atoms in total. The van der Waals surface area contributed by atoms with E-state index in [1.165, 1.54) is 14.2 Å². The largest absolute Gasteiger partial charge is 0.469 e. The van der Waals surface area contributed by atoms with Gasteiger partial charge in [0.05, 0.1) is 31.4 Å². The zero-order valence-electron chi connectivity index (χ0n) is 15.8. The normalized spacial score (nSPS) is 27.1. The molecule has 0 aliphatic carbocycles. The molecule has 1 aliphatic heterocycles.